The van der Waals surface area contributed by atoms with Crippen molar-refractivity contribution in [1.29, 1.82) is 0 Å². The summed E-state index contributed by atoms with van der Waals surface area (Å²) in [6.07, 6.45) is 2.65. The number of carbonyl (C=O) groups is 1. The third-order valence-electron chi connectivity index (χ3n) is 3.89. The molecule has 22 heavy (non-hydrogen) atoms. The molecular formula is C15H23N3O3S. The molecule has 1 aliphatic rings. The van der Waals surface area contributed by atoms with Crippen molar-refractivity contribution in [3.63, 3.8) is 0 Å². The van der Waals surface area contributed by atoms with Crippen LogP contribution in [0.1, 0.15) is 33.1 Å². The highest BCUT2D eigenvalue weighted by atomic mass is 32.2. The van der Waals surface area contributed by atoms with E-state index in [0.29, 0.717) is 12.2 Å². The Bertz CT molecular complexity index is 626. The van der Waals surface area contributed by atoms with Crippen LogP contribution in [0.3, 0.4) is 0 Å². The molecule has 1 fully saturated rings. The van der Waals surface area contributed by atoms with E-state index in [1.54, 1.807) is 12.1 Å². The fourth-order valence-corrected chi connectivity index (χ4v) is 4.58. The van der Waals surface area contributed by atoms with Crippen molar-refractivity contribution < 1.29 is 13.2 Å². The molecule has 1 aliphatic heterocycles. The van der Waals surface area contributed by atoms with Crippen LogP contribution in [-0.4, -0.2) is 37.3 Å². The van der Waals surface area contributed by atoms with Gasteiger partial charge in [-0.15, -0.1) is 0 Å². The molecule has 3 N–H and O–H groups in total. The average Bonchev–Trinajstić information content (AvgIpc) is 2.47. The second kappa shape index (κ2) is 6.76. The summed E-state index contributed by atoms with van der Waals surface area (Å²) in [4.78, 5) is 11.2. The van der Waals surface area contributed by atoms with Gasteiger partial charge in [-0.1, -0.05) is 6.42 Å². The lowest BCUT2D eigenvalue weighted by molar-refractivity contribution is -0.114. The van der Waals surface area contributed by atoms with Gasteiger partial charge in [0.05, 0.1) is 4.90 Å². The van der Waals surface area contributed by atoms with Gasteiger partial charge in [0, 0.05) is 31.2 Å². The fraction of sp³-hybridized carbons (Fsp3) is 0.533. The van der Waals surface area contributed by atoms with Crippen LogP contribution in [0.25, 0.3) is 0 Å². The summed E-state index contributed by atoms with van der Waals surface area (Å²) in [6, 6.07) is 5.88. The van der Waals surface area contributed by atoms with Crippen LogP contribution in [0.15, 0.2) is 29.2 Å². The van der Waals surface area contributed by atoms with Crippen LogP contribution in [-0.2, 0) is 14.8 Å². The average molecular weight is 325 g/mol. The van der Waals surface area contributed by atoms with Crippen molar-refractivity contribution in [2.45, 2.75) is 50.1 Å². The molecule has 1 aromatic carbocycles. The van der Waals surface area contributed by atoms with Crippen molar-refractivity contribution in [1.82, 2.24) is 4.31 Å². The number of hydrogen-bond acceptors (Lipinski definition) is 4. The second-order valence-electron chi connectivity index (χ2n) is 5.74. The number of anilines is 1. The predicted molar refractivity (Wildman–Crippen MR) is 85.9 cm³/mol. The van der Waals surface area contributed by atoms with Crippen molar-refractivity contribution in [2.24, 2.45) is 5.73 Å². The van der Waals surface area contributed by atoms with Gasteiger partial charge in [-0.25, -0.2) is 8.42 Å². The lowest BCUT2D eigenvalue weighted by Crippen LogP contribution is -2.51. The van der Waals surface area contributed by atoms with E-state index >= 15 is 0 Å². The highest BCUT2D eigenvalue weighted by Gasteiger charge is 2.35. The molecule has 2 rings (SSSR count). The molecule has 1 saturated heterocycles. The minimum atomic E-state index is -3.56. The summed E-state index contributed by atoms with van der Waals surface area (Å²) in [5, 5.41) is 2.62. The Kier molecular flexibility index (Phi) is 5.20. The minimum Gasteiger partial charge on any atom is -0.326 e. The number of hydrogen-bond donors (Lipinski definition) is 2. The zero-order chi connectivity index (χ0) is 16.3. The Morgan fingerprint density at radius 1 is 1.32 bits per heavy atom. The van der Waals surface area contributed by atoms with E-state index in [9.17, 15) is 13.2 Å². The highest BCUT2D eigenvalue weighted by Crippen LogP contribution is 2.27. The van der Waals surface area contributed by atoms with E-state index in [2.05, 4.69) is 5.32 Å². The zero-order valence-electron chi connectivity index (χ0n) is 13.0. The van der Waals surface area contributed by atoms with Gasteiger partial charge >= 0.3 is 0 Å². The van der Waals surface area contributed by atoms with Crippen molar-refractivity contribution in [2.75, 3.05) is 11.9 Å². The van der Waals surface area contributed by atoms with Crippen LogP contribution in [0.2, 0.25) is 0 Å². The molecule has 6 nitrogen and oxygen atoms in total. The number of rotatable bonds is 4. The first-order valence-electron chi connectivity index (χ1n) is 7.47. The van der Waals surface area contributed by atoms with Gasteiger partial charge in [0.25, 0.3) is 0 Å². The summed E-state index contributed by atoms with van der Waals surface area (Å²) in [6.45, 7) is 3.76. The number of amides is 1. The van der Waals surface area contributed by atoms with E-state index in [0.717, 1.165) is 19.3 Å². The van der Waals surface area contributed by atoms with Gasteiger partial charge in [0.2, 0.25) is 15.9 Å². The van der Waals surface area contributed by atoms with Gasteiger partial charge < -0.3 is 11.1 Å². The molecule has 2 unspecified atom stereocenters. The number of nitrogens with one attached hydrogen (secondary N) is 1. The normalized spacial score (nSPS) is 21.3. The van der Waals surface area contributed by atoms with Crippen LogP contribution < -0.4 is 11.1 Å². The minimum absolute atomic E-state index is 0.159. The topological polar surface area (TPSA) is 92.5 Å². The van der Waals surface area contributed by atoms with Gasteiger partial charge in [-0.2, -0.15) is 4.31 Å². The molecular weight excluding hydrogens is 302 g/mol. The standard InChI is InChI=1S/C15H23N3O3S/c1-11(16)15-5-3-4-10-18(15)22(20,21)14-8-6-13(7-9-14)17-12(2)19/h6-9,11,15H,3-5,10,16H2,1-2H3,(H,17,19). The molecule has 2 atom stereocenters. The Hall–Kier alpha value is -1.44. The van der Waals surface area contributed by atoms with Crippen LogP contribution in [0.5, 0.6) is 0 Å². The molecule has 0 saturated carbocycles. The number of sulfonamides is 1. The van der Waals surface area contributed by atoms with Crippen molar-refractivity contribution in [3.05, 3.63) is 24.3 Å². The molecule has 122 valence electrons. The van der Waals surface area contributed by atoms with Crippen LogP contribution in [0, 0.1) is 0 Å². The maximum absolute atomic E-state index is 12.8. The third kappa shape index (κ3) is 3.66. The highest BCUT2D eigenvalue weighted by molar-refractivity contribution is 7.89. The molecule has 0 spiro atoms. The third-order valence-corrected chi connectivity index (χ3v) is 5.83. The van der Waals surface area contributed by atoms with E-state index in [4.69, 9.17) is 5.73 Å². The van der Waals surface area contributed by atoms with E-state index in [1.807, 2.05) is 6.92 Å². The number of carbonyl (C=O) groups excluding carboxylic acids is 1. The largest absolute Gasteiger partial charge is 0.326 e. The summed E-state index contributed by atoms with van der Waals surface area (Å²) in [7, 11) is -3.56. The number of piperidine rings is 1. The van der Waals surface area contributed by atoms with Crippen molar-refractivity contribution >= 4 is 21.6 Å². The Labute approximate surface area is 131 Å². The lowest BCUT2D eigenvalue weighted by atomic mass is 10.00. The first-order chi connectivity index (χ1) is 10.3. The first kappa shape index (κ1) is 16.9. The Morgan fingerprint density at radius 3 is 2.50 bits per heavy atom. The maximum Gasteiger partial charge on any atom is 0.243 e. The molecule has 0 aromatic heterocycles. The van der Waals surface area contributed by atoms with Gasteiger partial charge in [-0.3, -0.25) is 4.79 Å². The number of nitrogens with two attached hydrogens (primary N) is 1. The predicted octanol–water partition coefficient (Wildman–Crippen LogP) is 1.54. The molecule has 0 aliphatic carbocycles. The van der Waals surface area contributed by atoms with E-state index in [-0.39, 0.29) is 22.9 Å². The van der Waals surface area contributed by atoms with Gasteiger partial charge in [0.1, 0.15) is 0 Å². The Balaban J connectivity index is 2.26. The summed E-state index contributed by atoms with van der Waals surface area (Å²) in [5.41, 5.74) is 6.54. The number of benzene rings is 1. The van der Waals surface area contributed by atoms with Crippen LogP contribution >= 0.6 is 0 Å². The molecule has 0 radical (unpaired) electrons. The SMILES string of the molecule is CC(=O)Nc1ccc(S(=O)(=O)N2CCCCC2C(C)N)cc1. The van der Waals surface area contributed by atoms with E-state index < -0.39 is 10.0 Å². The molecule has 1 heterocycles. The van der Waals surface area contributed by atoms with Crippen molar-refractivity contribution in [3.8, 4) is 0 Å². The van der Waals surface area contributed by atoms with E-state index in [1.165, 1.54) is 23.4 Å². The summed E-state index contributed by atoms with van der Waals surface area (Å²) < 4.78 is 27.2. The summed E-state index contributed by atoms with van der Waals surface area (Å²) in [5.74, 6) is -0.191. The van der Waals surface area contributed by atoms with Gasteiger partial charge in [0.15, 0.2) is 0 Å². The molecule has 1 aromatic rings. The summed E-state index contributed by atoms with van der Waals surface area (Å²) >= 11 is 0. The first-order valence-corrected chi connectivity index (χ1v) is 8.91. The monoisotopic (exact) mass is 325 g/mol. The van der Waals surface area contributed by atoms with Crippen LogP contribution in [0.4, 0.5) is 5.69 Å². The molecule has 1 amide bonds. The number of nitrogens with zero attached hydrogens (tertiary/aromatic N) is 1. The molecule has 0 bridgehead atoms. The Morgan fingerprint density at radius 2 is 1.95 bits per heavy atom. The lowest BCUT2D eigenvalue weighted by Gasteiger charge is -2.36. The zero-order valence-corrected chi connectivity index (χ0v) is 13.8. The fourth-order valence-electron chi connectivity index (χ4n) is 2.80. The maximum atomic E-state index is 12.8. The second-order valence-corrected chi connectivity index (χ2v) is 7.63. The smallest absolute Gasteiger partial charge is 0.243 e. The quantitative estimate of drug-likeness (QED) is 0.878. The van der Waals surface area contributed by atoms with Gasteiger partial charge in [-0.05, 0) is 44.0 Å². The molecule has 7 heteroatoms.